The summed E-state index contributed by atoms with van der Waals surface area (Å²) in [5.41, 5.74) is 4.91. The largest absolute Gasteiger partial charge is 0.533 e. The van der Waals surface area contributed by atoms with Crippen molar-refractivity contribution in [3.05, 3.63) is 257 Å². The lowest BCUT2D eigenvalue weighted by Gasteiger charge is -2.47. The zero-order chi connectivity index (χ0) is 52.0. The highest BCUT2D eigenvalue weighted by Crippen LogP contribution is 2.50. The van der Waals surface area contributed by atoms with Crippen molar-refractivity contribution in [1.29, 1.82) is 0 Å². The molecule has 1 heterocycles. The van der Waals surface area contributed by atoms with Gasteiger partial charge in [0.05, 0.1) is 38.6 Å². The van der Waals surface area contributed by atoms with Gasteiger partial charge in [0, 0.05) is 6.07 Å². The van der Waals surface area contributed by atoms with E-state index in [1.54, 1.807) is 6.07 Å². The van der Waals surface area contributed by atoms with Crippen LogP contribution >= 0.6 is 0 Å². The number of ether oxygens (including phenoxy) is 6. The van der Waals surface area contributed by atoms with E-state index in [1.165, 1.54) is 6.92 Å². The van der Waals surface area contributed by atoms with Crippen LogP contribution in [-0.2, 0) is 56.7 Å². The Morgan fingerprint density at radius 1 is 0.507 bits per heavy atom. The van der Waals surface area contributed by atoms with Crippen LogP contribution in [0.5, 0.6) is 17.2 Å². The Balaban J connectivity index is 1.24. The highest BCUT2D eigenvalue weighted by molar-refractivity contribution is 7.00. The summed E-state index contributed by atoms with van der Waals surface area (Å²) in [5.74, 6) is -0.296. The summed E-state index contributed by atoms with van der Waals surface area (Å²) < 4.78 is 49.8. The van der Waals surface area contributed by atoms with E-state index < -0.39 is 49.7 Å². The van der Waals surface area contributed by atoms with Crippen LogP contribution in [0.1, 0.15) is 77.5 Å². The van der Waals surface area contributed by atoms with Gasteiger partial charge in [-0.05, 0) is 50.2 Å². The number of ketones is 1. The predicted molar refractivity (Wildman–Crippen MR) is 296 cm³/mol. The molecule has 0 bridgehead atoms. The molecule has 1 aliphatic heterocycles. The molecule has 0 aliphatic carbocycles. The number of carbonyl (C=O) groups excluding carboxylic acids is 1. The third-order valence-electron chi connectivity index (χ3n) is 13.7. The van der Waals surface area contributed by atoms with Crippen molar-refractivity contribution < 1.29 is 42.7 Å². The maximum absolute atomic E-state index is 14.5. The lowest BCUT2D eigenvalue weighted by Crippen LogP contribution is -2.69. The molecular weight excluding hydrogens is 953 g/mol. The zero-order valence-corrected chi connectivity index (χ0v) is 44.1. The molecular formula is C65H66O9Si. The Hall–Kier alpha value is -7.15. The molecule has 1 fully saturated rings. The smallest absolute Gasteiger partial charge is 0.319 e. The molecule has 0 radical (unpaired) electrons. The van der Waals surface area contributed by atoms with Gasteiger partial charge in [0.1, 0.15) is 59.9 Å². The second kappa shape index (κ2) is 24.9. The van der Waals surface area contributed by atoms with E-state index in [1.807, 2.05) is 188 Å². The van der Waals surface area contributed by atoms with Gasteiger partial charge in [0.15, 0.2) is 5.78 Å². The van der Waals surface area contributed by atoms with E-state index in [0.717, 1.165) is 38.2 Å². The molecule has 9 rings (SSSR count). The first-order valence-corrected chi connectivity index (χ1v) is 27.6. The number of carbonyl (C=O) groups is 1. The van der Waals surface area contributed by atoms with Crippen LogP contribution in [-0.4, -0.2) is 50.2 Å². The van der Waals surface area contributed by atoms with Gasteiger partial charge in [-0.25, -0.2) is 0 Å². The summed E-state index contributed by atoms with van der Waals surface area (Å²) in [6, 6.07) is 71.8. The Kier molecular flexibility index (Phi) is 17.5. The van der Waals surface area contributed by atoms with Crippen molar-refractivity contribution in [3.63, 3.8) is 0 Å². The van der Waals surface area contributed by atoms with Crippen molar-refractivity contribution >= 4 is 24.5 Å². The van der Waals surface area contributed by atoms with E-state index in [0.29, 0.717) is 6.61 Å². The van der Waals surface area contributed by atoms with Gasteiger partial charge in [-0.15, -0.1) is 0 Å². The molecule has 1 N–H and O–H groups in total. The second-order valence-corrected chi connectivity index (χ2v) is 24.2. The van der Waals surface area contributed by atoms with Crippen LogP contribution in [0.25, 0.3) is 0 Å². The molecule has 0 saturated carbocycles. The number of Topliss-reactive ketones (excluding diaryl/α,β-unsaturated/α-hetero) is 1. The molecule has 1 saturated heterocycles. The second-order valence-electron chi connectivity index (χ2n) is 20.0. The molecule has 0 amide bonds. The summed E-state index contributed by atoms with van der Waals surface area (Å²) in [4.78, 5) is 14.5. The number of rotatable bonds is 22. The number of phenols is 1. The molecule has 5 atom stereocenters. The van der Waals surface area contributed by atoms with Crippen molar-refractivity contribution in [2.45, 2.75) is 96.3 Å². The molecule has 75 heavy (non-hydrogen) atoms. The molecule has 8 aromatic rings. The number of hydrogen-bond donors (Lipinski definition) is 1. The number of benzene rings is 8. The first-order valence-electron chi connectivity index (χ1n) is 25.7. The van der Waals surface area contributed by atoms with Gasteiger partial charge < -0.3 is 38.0 Å². The van der Waals surface area contributed by atoms with Crippen LogP contribution in [0.3, 0.4) is 0 Å². The van der Waals surface area contributed by atoms with E-state index in [4.69, 9.17) is 32.8 Å². The van der Waals surface area contributed by atoms with Gasteiger partial charge >= 0.3 is 8.32 Å². The maximum Gasteiger partial charge on any atom is 0.319 e. The molecule has 2 unspecified atom stereocenters. The van der Waals surface area contributed by atoms with Crippen molar-refractivity contribution in [3.8, 4) is 17.2 Å². The van der Waals surface area contributed by atoms with Gasteiger partial charge in [0.2, 0.25) is 0 Å². The molecule has 9 nitrogen and oxygen atoms in total. The molecule has 0 aromatic heterocycles. The fourth-order valence-electron chi connectivity index (χ4n) is 10.0. The quantitative estimate of drug-likeness (QED) is 0.0525. The van der Waals surface area contributed by atoms with E-state index in [2.05, 4.69) is 45.0 Å². The molecule has 0 spiro atoms. The monoisotopic (exact) mass is 1020 g/mol. The first kappa shape index (κ1) is 52.7. The zero-order valence-electron chi connectivity index (χ0n) is 43.1. The first-order chi connectivity index (χ1) is 36.6. The molecule has 384 valence electrons. The Morgan fingerprint density at radius 3 is 1.32 bits per heavy atom. The average Bonchev–Trinajstić information content (AvgIpc) is 3.45. The van der Waals surface area contributed by atoms with Gasteiger partial charge in [-0.2, -0.15) is 0 Å². The van der Waals surface area contributed by atoms with Crippen LogP contribution in [0.4, 0.5) is 0 Å². The fourth-order valence-corrected chi connectivity index (χ4v) is 14.4. The molecule has 1 aliphatic rings. The Morgan fingerprint density at radius 2 is 0.893 bits per heavy atom. The number of phenolic OH excluding ortho intramolecular Hbond substituents is 1. The lowest BCUT2D eigenvalue weighted by molar-refractivity contribution is -0.275. The highest BCUT2D eigenvalue weighted by atomic mass is 28.4. The minimum atomic E-state index is -3.40. The van der Waals surface area contributed by atoms with Gasteiger partial charge in [0.25, 0.3) is 0 Å². The van der Waals surface area contributed by atoms with Crippen molar-refractivity contribution in [2.24, 2.45) is 0 Å². The standard InChI is InChI=1S/C65H66O9Si/c1-47(66)58-56(74-75(65(2,3)4,53-36-22-10-23-37-53)54-38-24-11-25-39-54)40-55(69-42-49-28-14-6-15-29-49)59(60(58)67)62-64(72-45-52-34-20-9-21-35-52)63(71-44-51-32-18-8-19-33-51)61(70-43-50-30-16-7-17-31-50)57(73-62)46-68-41-48-26-12-5-13-27-48/h5-40,57,61-64,67H,41-46H2,1-4H3/t57?,61-,62+,63?,64-/m1/s1. The van der Waals surface area contributed by atoms with Crippen LogP contribution in [0.2, 0.25) is 5.04 Å². The van der Waals surface area contributed by atoms with E-state index in [-0.39, 0.29) is 61.4 Å². The Labute approximate surface area is 442 Å². The molecule has 10 heteroatoms. The van der Waals surface area contributed by atoms with Crippen LogP contribution in [0, 0.1) is 0 Å². The number of aromatic hydroxyl groups is 1. The Bertz CT molecular complexity index is 2970. The number of hydrogen-bond acceptors (Lipinski definition) is 9. The third-order valence-corrected chi connectivity index (χ3v) is 18.6. The van der Waals surface area contributed by atoms with Crippen molar-refractivity contribution in [2.75, 3.05) is 6.61 Å². The van der Waals surface area contributed by atoms with Crippen molar-refractivity contribution in [1.82, 2.24) is 0 Å². The van der Waals surface area contributed by atoms with Gasteiger partial charge in [-0.3, -0.25) is 4.79 Å². The van der Waals surface area contributed by atoms with Gasteiger partial charge in [-0.1, -0.05) is 233 Å². The predicted octanol–water partition coefficient (Wildman–Crippen LogP) is 12.5. The average molecular weight is 1020 g/mol. The summed E-state index contributed by atoms with van der Waals surface area (Å²) in [7, 11) is -3.40. The SMILES string of the molecule is CC(=O)c1c(O[Si](c2ccccc2)(c2ccccc2)C(C)(C)C)cc(OCc2ccccc2)c([C@@H]2OC(COCc3ccccc3)[C@@H](OCc3ccccc3)C(OCc3ccccc3)[C@@H]2OCc2ccccc2)c1O. The lowest BCUT2D eigenvalue weighted by atomic mass is 9.88. The maximum atomic E-state index is 14.5. The minimum absolute atomic E-state index is 0.00320. The third kappa shape index (κ3) is 12.7. The fraction of sp³-hybridized carbons (Fsp3) is 0.246. The van der Waals surface area contributed by atoms with E-state index in [9.17, 15) is 9.90 Å². The topological polar surface area (TPSA) is 102 Å². The normalized spacial score (nSPS) is 17.8. The minimum Gasteiger partial charge on any atom is -0.533 e. The summed E-state index contributed by atoms with van der Waals surface area (Å²) >= 11 is 0. The summed E-state index contributed by atoms with van der Waals surface area (Å²) in [6.45, 7) is 9.08. The van der Waals surface area contributed by atoms with Crippen LogP contribution < -0.4 is 19.5 Å². The molecule has 8 aromatic carbocycles. The summed E-state index contributed by atoms with van der Waals surface area (Å²) in [5, 5.41) is 14.8. The highest BCUT2D eigenvalue weighted by Gasteiger charge is 2.54. The summed E-state index contributed by atoms with van der Waals surface area (Å²) in [6.07, 6.45) is -4.48. The van der Waals surface area contributed by atoms with Crippen LogP contribution in [0.15, 0.2) is 218 Å². The van der Waals surface area contributed by atoms with E-state index >= 15 is 0 Å².